The number of morpholine rings is 1. The van der Waals surface area contributed by atoms with Crippen molar-refractivity contribution in [2.75, 3.05) is 18.1 Å². The smallest absolute Gasteiger partial charge is 0.324 e. The van der Waals surface area contributed by atoms with Gasteiger partial charge in [-0.3, -0.25) is 19.3 Å². The number of carbonyl (C=O) groups is 3. The molecule has 0 N–H and O–H groups in total. The van der Waals surface area contributed by atoms with Crippen molar-refractivity contribution in [2.24, 2.45) is 11.8 Å². The van der Waals surface area contributed by atoms with Crippen LogP contribution in [0, 0.1) is 11.8 Å². The van der Waals surface area contributed by atoms with Gasteiger partial charge in [0.05, 0.1) is 23.6 Å². The molecule has 4 atom stereocenters. The Labute approximate surface area is 156 Å². The zero-order valence-corrected chi connectivity index (χ0v) is 14.5. The second-order valence-corrected chi connectivity index (χ2v) is 7.18. The Hall–Kier alpha value is -2.99. The van der Waals surface area contributed by atoms with Crippen molar-refractivity contribution in [3.8, 4) is 0 Å². The highest BCUT2D eigenvalue weighted by Gasteiger charge is 2.62. The molecular formula is C21H18N2O4. The molecule has 0 unspecified atom stereocenters. The van der Waals surface area contributed by atoms with Crippen LogP contribution >= 0.6 is 0 Å². The first kappa shape index (κ1) is 16.2. The number of hydrogen-bond acceptors (Lipinski definition) is 5. The van der Waals surface area contributed by atoms with Gasteiger partial charge in [0.15, 0.2) is 0 Å². The van der Waals surface area contributed by atoms with E-state index < -0.39 is 23.8 Å². The van der Waals surface area contributed by atoms with Crippen molar-refractivity contribution in [1.82, 2.24) is 4.90 Å². The van der Waals surface area contributed by atoms with Crippen LogP contribution in [0.3, 0.4) is 0 Å². The molecule has 136 valence electrons. The number of benzene rings is 2. The van der Waals surface area contributed by atoms with Crippen LogP contribution in [0.4, 0.5) is 5.69 Å². The number of amides is 2. The highest BCUT2D eigenvalue weighted by molar-refractivity contribution is 6.23. The summed E-state index contributed by atoms with van der Waals surface area (Å²) in [5.41, 5.74) is 1.58. The molecule has 3 aliphatic heterocycles. The molecule has 3 aliphatic rings. The normalized spacial score (nSPS) is 30.2. The monoisotopic (exact) mass is 362 g/mol. The van der Waals surface area contributed by atoms with Gasteiger partial charge in [-0.1, -0.05) is 48.5 Å². The second kappa shape index (κ2) is 6.03. The number of hydrogen-bond donors (Lipinski definition) is 0. The lowest BCUT2D eigenvalue weighted by atomic mass is 9.92. The Kier molecular flexibility index (Phi) is 3.62. The van der Waals surface area contributed by atoms with Gasteiger partial charge in [-0.15, -0.1) is 0 Å². The van der Waals surface area contributed by atoms with Gasteiger partial charge in [0.25, 0.3) is 0 Å². The minimum absolute atomic E-state index is 0.134. The van der Waals surface area contributed by atoms with Crippen molar-refractivity contribution < 1.29 is 19.1 Å². The number of cyclic esters (lactones) is 1. The lowest BCUT2D eigenvalue weighted by molar-refractivity contribution is -0.163. The summed E-state index contributed by atoms with van der Waals surface area (Å²) in [5.74, 6) is -2.15. The third kappa shape index (κ3) is 2.33. The average molecular weight is 362 g/mol. The largest absolute Gasteiger partial charge is 0.462 e. The maximum atomic E-state index is 13.1. The first-order valence-electron chi connectivity index (χ1n) is 9.07. The molecule has 0 aromatic heterocycles. The van der Waals surface area contributed by atoms with Gasteiger partial charge in [0, 0.05) is 6.54 Å². The van der Waals surface area contributed by atoms with Crippen molar-refractivity contribution in [2.45, 2.75) is 12.1 Å². The van der Waals surface area contributed by atoms with E-state index in [0.717, 1.165) is 5.56 Å². The van der Waals surface area contributed by atoms with Crippen LogP contribution in [0.25, 0.3) is 0 Å². The van der Waals surface area contributed by atoms with E-state index in [1.165, 1.54) is 4.90 Å². The van der Waals surface area contributed by atoms with Gasteiger partial charge in [-0.05, 0) is 17.7 Å². The van der Waals surface area contributed by atoms with E-state index in [1.807, 2.05) is 41.3 Å². The second-order valence-electron chi connectivity index (χ2n) is 7.18. The van der Waals surface area contributed by atoms with E-state index in [0.29, 0.717) is 12.2 Å². The third-order valence-corrected chi connectivity index (χ3v) is 5.81. The van der Waals surface area contributed by atoms with Crippen molar-refractivity contribution in [3.05, 3.63) is 66.2 Å². The molecule has 2 amide bonds. The lowest BCUT2D eigenvalue weighted by Crippen LogP contribution is -2.51. The minimum Gasteiger partial charge on any atom is -0.462 e. The fraction of sp³-hybridized carbons (Fsp3) is 0.286. The van der Waals surface area contributed by atoms with Crippen LogP contribution < -0.4 is 4.90 Å². The Morgan fingerprint density at radius 1 is 0.852 bits per heavy atom. The number of imide groups is 1. The maximum absolute atomic E-state index is 13.1. The molecule has 0 radical (unpaired) electrons. The summed E-state index contributed by atoms with van der Waals surface area (Å²) in [6, 6.07) is 17.8. The van der Waals surface area contributed by atoms with Crippen LogP contribution in [-0.2, 0) is 19.1 Å². The third-order valence-electron chi connectivity index (χ3n) is 5.81. The fourth-order valence-electron chi connectivity index (χ4n) is 4.58. The molecule has 5 rings (SSSR count). The molecule has 0 spiro atoms. The molecule has 6 heteroatoms. The zero-order valence-electron chi connectivity index (χ0n) is 14.5. The number of anilines is 1. The quantitative estimate of drug-likeness (QED) is 0.602. The molecule has 0 bridgehead atoms. The molecule has 0 saturated carbocycles. The van der Waals surface area contributed by atoms with Crippen LogP contribution in [-0.4, -0.2) is 41.9 Å². The maximum Gasteiger partial charge on any atom is 0.324 e. The Balaban J connectivity index is 1.50. The molecule has 0 aliphatic carbocycles. The van der Waals surface area contributed by atoms with Crippen LogP contribution in [0.1, 0.15) is 11.6 Å². The molecule has 3 heterocycles. The molecule has 2 aromatic rings. The lowest BCUT2D eigenvalue weighted by Gasteiger charge is -2.38. The van der Waals surface area contributed by atoms with Crippen LogP contribution in [0.5, 0.6) is 0 Å². The van der Waals surface area contributed by atoms with Gasteiger partial charge in [-0.25, -0.2) is 4.90 Å². The van der Waals surface area contributed by atoms with E-state index >= 15 is 0 Å². The number of rotatable bonds is 2. The SMILES string of the molecule is O=C1OC[C@H](c2ccccc2)N2C[C@H]3C(=O)N(c4ccccc4)C(=O)[C@H]3[C@@H]12. The standard InChI is InChI=1S/C21H18N2O4/c24-19-15-11-22-16(13-7-3-1-4-8-13)12-27-21(26)18(22)17(15)20(25)23(19)14-9-5-2-6-10-14/h1-10,15-18H,11-12H2/t15-,16-,17-,18+/m1/s1. The number of carbonyl (C=O) groups excluding carboxylic acids is 3. The highest BCUT2D eigenvalue weighted by atomic mass is 16.5. The summed E-state index contributed by atoms with van der Waals surface area (Å²) >= 11 is 0. The Morgan fingerprint density at radius 2 is 1.52 bits per heavy atom. The van der Waals surface area contributed by atoms with Gasteiger partial charge in [0.1, 0.15) is 12.6 Å². The summed E-state index contributed by atoms with van der Waals surface area (Å²) in [4.78, 5) is 41.9. The minimum atomic E-state index is -0.709. The average Bonchev–Trinajstić information content (AvgIpc) is 3.21. The number of para-hydroxylation sites is 1. The van der Waals surface area contributed by atoms with E-state index in [9.17, 15) is 14.4 Å². The summed E-state index contributed by atoms with van der Waals surface area (Å²) < 4.78 is 5.43. The summed E-state index contributed by atoms with van der Waals surface area (Å²) in [6.45, 7) is 0.626. The summed E-state index contributed by atoms with van der Waals surface area (Å²) in [7, 11) is 0. The summed E-state index contributed by atoms with van der Waals surface area (Å²) in [6.07, 6.45) is 0. The predicted molar refractivity (Wildman–Crippen MR) is 96.6 cm³/mol. The first-order valence-corrected chi connectivity index (χ1v) is 9.07. The van der Waals surface area contributed by atoms with E-state index in [1.54, 1.807) is 24.3 Å². The number of nitrogens with zero attached hydrogens (tertiary/aromatic N) is 2. The van der Waals surface area contributed by atoms with Gasteiger partial charge in [-0.2, -0.15) is 0 Å². The van der Waals surface area contributed by atoms with E-state index in [2.05, 4.69) is 0 Å². The zero-order chi connectivity index (χ0) is 18.5. The van der Waals surface area contributed by atoms with Crippen LogP contribution in [0.2, 0.25) is 0 Å². The molecule has 3 fully saturated rings. The highest BCUT2D eigenvalue weighted by Crippen LogP contribution is 2.45. The molecule has 27 heavy (non-hydrogen) atoms. The van der Waals surface area contributed by atoms with Crippen molar-refractivity contribution >= 4 is 23.5 Å². The fourth-order valence-corrected chi connectivity index (χ4v) is 4.58. The molecule has 2 aromatic carbocycles. The summed E-state index contributed by atoms with van der Waals surface area (Å²) in [5, 5.41) is 0. The number of fused-ring (bicyclic) bond motifs is 3. The van der Waals surface area contributed by atoms with Crippen molar-refractivity contribution in [1.29, 1.82) is 0 Å². The van der Waals surface area contributed by atoms with Gasteiger partial charge >= 0.3 is 5.97 Å². The molecule has 3 saturated heterocycles. The molecule has 6 nitrogen and oxygen atoms in total. The van der Waals surface area contributed by atoms with Crippen molar-refractivity contribution in [3.63, 3.8) is 0 Å². The topological polar surface area (TPSA) is 66.9 Å². The predicted octanol–water partition coefficient (Wildman–Crippen LogP) is 1.77. The van der Waals surface area contributed by atoms with Gasteiger partial charge < -0.3 is 4.74 Å². The van der Waals surface area contributed by atoms with E-state index in [-0.39, 0.29) is 24.5 Å². The first-order chi connectivity index (χ1) is 13.2. The Bertz CT molecular complexity index is 914. The van der Waals surface area contributed by atoms with E-state index in [4.69, 9.17) is 4.74 Å². The molecular weight excluding hydrogens is 344 g/mol. The Morgan fingerprint density at radius 3 is 2.22 bits per heavy atom. The number of esters is 1. The van der Waals surface area contributed by atoms with Crippen LogP contribution in [0.15, 0.2) is 60.7 Å². The van der Waals surface area contributed by atoms with Gasteiger partial charge in [0.2, 0.25) is 11.8 Å². The number of ether oxygens (including phenoxy) is 1.